The van der Waals surface area contributed by atoms with Crippen LogP contribution in [0.2, 0.25) is 0 Å². The lowest BCUT2D eigenvalue weighted by molar-refractivity contribution is 0.445. The summed E-state index contributed by atoms with van der Waals surface area (Å²) in [5.41, 5.74) is 0.0756. The van der Waals surface area contributed by atoms with Crippen LogP contribution in [0.25, 0.3) is 0 Å². The van der Waals surface area contributed by atoms with Gasteiger partial charge in [0, 0.05) is 12.6 Å². The number of rotatable bonds is 3. The third-order valence-electron chi connectivity index (χ3n) is 2.46. The van der Waals surface area contributed by atoms with Crippen molar-refractivity contribution in [2.75, 3.05) is 5.32 Å². The quantitative estimate of drug-likeness (QED) is 0.658. The lowest BCUT2D eigenvalue weighted by Crippen LogP contribution is -2.04. The molecule has 6 heteroatoms. The first-order valence-corrected chi connectivity index (χ1v) is 5.29. The minimum absolute atomic E-state index is 0.0217. The molecular weight excluding hydrogens is 265 g/mol. The first kappa shape index (κ1) is 13.3. The van der Waals surface area contributed by atoms with Gasteiger partial charge in [0.25, 0.3) is 0 Å². The van der Waals surface area contributed by atoms with Crippen molar-refractivity contribution in [1.82, 2.24) is 0 Å². The Bertz CT molecular complexity index is 589. The number of hydrogen-bond donors (Lipinski definition) is 1. The second-order valence-corrected chi connectivity index (χ2v) is 3.85. The van der Waals surface area contributed by atoms with Crippen molar-refractivity contribution in [3.05, 3.63) is 65.0 Å². The number of benzene rings is 2. The Labute approximate surface area is 105 Å². The molecule has 1 nitrogen and oxygen atoms in total. The standard InChI is InChI=1S/C13H8F5N/c14-8-1-2-12(9(15)5-8)19-6-7-3-10(16)13(18)11(17)4-7/h1-5,19H,6H2. The number of hydrogen-bond acceptors (Lipinski definition) is 1. The SMILES string of the molecule is Fc1ccc(NCc2cc(F)c(F)c(F)c2)c(F)c1. The Balaban J connectivity index is 2.14. The van der Waals surface area contributed by atoms with Crippen LogP contribution in [0.4, 0.5) is 27.6 Å². The van der Waals surface area contributed by atoms with Crippen molar-refractivity contribution in [2.24, 2.45) is 0 Å². The lowest BCUT2D eigenvalue weighted by atomic mass is 10.2. The second kappa shape index (κ2) is 5.26. The van der Waals surface area contributed by atoms with Gasteiger partial charge in [0.15, 0.2) is 17.5 Å². The monoisotopic (exact) mass is 273 g/mol. The van der Waals surface area contributed by atoms with Crippen molar-refractivity contribution in [2.45, 2.75) is 6.54 Å². The molecule has 0 aliphatic rings. The average molecular weight is 273 g/mol. The van der Waals surface area contributed by atoms with Gasteiger partial charge in [-0.1, -0.05) is 0 Å². The highest BCUT2D eigenvalue weighted by molar-refractivity contribution is 5.45. The summed E-state index contributed by atoms with van der Waals surface area (Å²) in [6, 6.07) is 4.46. The van der Waals surface area contributed by atoms with Crippen LogP contribution in [-0.2, 0) is 6.54 Å². The molecule has 0 amide bonds. The fraction of sp³-hybridized carbons (Fsp3) is 0.0769. The van der Waals surface area contributed by atoms with E-state index in [1.165, 1.54) is 0 Å². The van der Waals surface area contributed by atoms with Crippen LogP contribution in [0.1, 0.15) is 5.56 Å². The highest BCUT2D eigenvalue weighted by Gasteiger charge is 2.11. The maximum atomic E-state index is 13.3. The molecule has 0 spiro atoms. The molecule has 2 aromatic carbocycles. The van der Waals surface area contributed by atoms with Gasteiger partial charge in [-0.15, -0.1) is 0 Å². The molecule has 0 atom stereocenters. The molecule has 0 unspecified atom stereocenters. The molecule has 0 aliphatic carbocycles. The van der Waals surface area contributed by atoms with Crippen molar-refractivity contribution < 1.29 is 22.0 Å². The predicted octanol–water partition coefficient (Wildman–Crippen LogP) is 3.99. The molecular formula is C13H8F5N. The van der Waals surface area contributed by atoms with Crippen molar-refractivity contribution in [3.8, 4) is 0 Å². The van der Waals surface area contributed by atoms with Crippen molar-refractivity contribution in [1.29, 1.82) is 0 Å². The normalized spacial score (nSPS) is 10.6. The molecule has 2 rings (SSSR count). The third kappa shape index (κ3) is 3.01. The van der Waals surface area contributed by atoms with Gasteiger partial charge in [0.2, 0.25) is 0 Å². The Morgan fingerprint density at radius 2 is 1.42 bits per heavy atom. The molecule has 1 N–H and O–H groups in total. The third-order valence-corrected chi connectivity index (χ3v) is 2.46. The van der Waals surface area contributed by atoms with Crippen molar-refractivity contribution in [3.63, 3.8) is 0 Å². The molecule has 0 radical (unpaired) electrons. The van der Waals surface area contributed by atoms with Crippen LogP contribution in [0.5, 0.6) is 0 Å². The van der Waals surface area contributed by atoms with Crippen LogP contribution in [0.3, 0.4) is 0 Å². The van der Waals surface area contributed by atoms with Gasteiger partial charge in [-0.3, -0.25) is 0 Å². The molecule has 100 valence electrons. The minimum Gasteiger partial charge on any atom is -0.379 e. The molecule has 0 fully saturated rings. The van der Waals surface area contributed by atoms with Crippen molar-refractivity contribution >= 4 is 5.69 Å². The van der Waals surface area contributed by atoms with E-state index in [1.807, 2.05) is 0 Å². The molecule has 0 saturated carbocycles. The molecule has 0 heterocycles. The number of nitrogens with one attached hydrogen (secondary N) is 1. The molecule has 0 bridgehead atoms. The van der Waals surface area contributed by atoms with Gasteiger partial charge in [-0.05, 0) is 29.8 Å². The van der Waals surface area contributed by atoms with E-state index in [9.17, 15) is 22.0 Å². The first-order valence-electron chi connectivity index (χ1n) is 5.29. The van der Waals surface area contributed by atoms with E-state index in [2.05, 4.69) is 5.32 Å². The van der Waals surface area contributed by atoms with Crippen LogP contribution >= 0.6 is 0 Å². The first-order chi connectivity index (χ1) is 8.97. The van der Waals surface area contributed by atoms with Gasteiger partial charge < -0.3 is 5.32 Å². The predicted molar refractivity (Wildman–Crippen MR) is 60.0 cm³/mol. The average Bonchev–Trinajstić information content (AvgIpc) is 2.34. The largest absolute Gasteiger partial charge is 0.379 e. The smallest absolute Gasteiger partial charge is 0.194 e. The zero-order valence-corrected chi connectivity index (χ0v) is 9.48. The molecule has 2 aromatic rings. The Kier molecular flexibility index (Phi) is 3.69. The molecule has 0 saturated heterocycles. The highest BCUT2D eigenvalue weighted by atomic mass is 19.2. The Morgan fingerprint density at radius 1 is 0.789 bits per heavy atom. The summed E-state index contributed by atoms with van der Waals surface area (Å²) in [5, 5.41) is 2.53. The van der Waals surface area contributed by atoms with E-state index in [0.29, 0.717) is 6.07 Å². The van der Waals surface area contributed by atoms with Gasteiger partial charge in [0.05, 0.1) is 5.69 Å². The van der Waals surface area contributed by atoms with E-state index < -0.39 is 29.1 Å². The Morgan fingerprint density at radius 3 is 2.00 bits per heavy atom. The molecule has 0 aliphatic heterocycles. The molecule has 19 heavy (non-hydrogen) atoms. The summed E-state index contributed by atoms with van der Waals surface area (Å²) in [6.45, 7) is -0.128. The topological polar surface area (TPSA) is 12.0 Å². The summed E-state index contributed by atoms with van der Waals surface area (Å²) in [4.78, 5) is 0. The highest BCUT2D eigenvalue weighted by Crippen LogP contribution is 2.18. The second-order valence-electron chi connectivity index (χ2n) is 3.85. The number of halogens is 5. The van der Waals surface area contributed by atoms with E-state index in [-0.39, 0.29) is 17.8 Å². The fourth-order valence-electron chi connectivity index (χ4n) is 1.54. The Hall–Kier alpha value is -2.11. The van der Waals surface area contributed by atoms with Gasteiger partial charge in [0.1, 0.15) is 11.6 Å². The zero-order valence-electron chi connectivity index (χ0n) is 9.48. The summed E-state index contributed by atoms with van der Waals surface area (Å²) in [5.74, 6) is -5.77. The summed E-state index contributed by atoms with van der Waals surface area (Å²) in [6.07, 6.45) is 0. The van der Waals surface area contributed by atoms with E-state index in [0.717, 1.165) is 24.3 Å². The van der Waals surface area contributed by atoms with Crippen LogP contribution < -0.4 is 5.32 Å². The van der Waals surface area contributed by atoms with Gasteiger partial charge >= 0.3 is 0 Å². The fourth-order valence-corrected chi connectivity index (χ4v) is 1.54. The summed E-state index contributed by atoms with van der Waals surface area (Å²) in [7, 11) is 0. The summed E-state index contributed by atoms with van der Waals surface area (Å²) >= 11 is 0. The van der Waals surface area contributed by atoms with E-state index in [4.69, 9.17) is 0 Å². The zero-order chi connectivity index (χ0) is 14.0. The number of anilines is 1. The van der Waals surface area contributed by atoms with Crippen LogP contribution in [0.15, 0.2) is 30.3 Å². The molecule has 0 aromatic heterocycles. The minimum atomic E-state index is -1.56. The van der Waals surface area contributed by atoms with Crippen LogP contribution in [0, 0.1) is 29.1 Å². The van der Waals surface area contributed by atoms with Crippen LogP contribution in [-0.4, -0.2) is 0 Å². The lowest BCUT2D eigenvalue weighted by Gasteiger charge is -2.08. The van der Waals surface area contributed by atoms with Gasteiger partial charge in [-0.2, -0.15) is 0 Å². The van der Waals surface area contributed by atoms with E-state index in [1.54, 1.807) is 0 Å². The van der Waals surface area contributed by atoms with E-state index >= 15 is 0 Å². The summed E-state index contributed by atoms with van der Waals surface area (Å²) < 4.78 is 64.5. The van der Waals surface area contributed by atoms with Gasteiger partial charge in [-0.25, -0.2) is 22.0 Å². The maximum Gasteiger partial charge on any atom is 0.194 e. The maximum absolute atomic E-state index is 13.3.